The van der Waals surface area contributed by atoms with E-state index in [-0.39, 0.29) is 4.90 Å². The van der Waals surface area contributed by atoms with Crippen molar-refractivity contribution in [1.82, 2.24) is 5.43 Å². The first kappa shape index (κ1) is 30.8. The summed E-state index contributed by atoms with van der Waals surface area (Å²) in [5.74, 6) is 0.428. The van der Waals surface area contributed by atoms with Crippen molar-refractivity contribution in [3.63, 3.8) is 0 Å². The highest BCUT2D eigenvalue weighted by atomic mass is 79.9. The van der Waals surface area contributed by atoms with Gasteiger partial charge in [-0.1, -0.05) is 73.2 Å². The van der Waals surface area contributed by atoms with Crippen molar-refractivity contribution < 1.29 is 22.7 Å². The van der Waals surface area contributed by atoms with Crippen LogP contribution in [0.15, 0.2) is 105 Å². The van der Waals surface area contributed by atoms with Crippen LogP contribution in [-0.2, 0) is 27.8 Å². The van der Waals surface area contributed by atoms with Gasteiger partial charge in [-0.3, -0.25) is 9.10 Å². The first-order valence-corrected chi connectivity index (χ1v) is 15.5. The van der Waals surface area contributed by atoms with Gasteiger partial charge in [0.05, 0.1) is 28.4 Å². The molecule has 0 aliphatic heterocycles. The summed E-state index contributed by atoms with van der Waals surface area (Å²) in [5, 5.41) is 4.07. The molecule has 218 valence electrons. The Morgan fingerprint density at radius 1 is 1.00 bits per heavy atom. The van der Waals surface area contributed by atoms with Crippen LogP contribution < -0.4 is 19.2 Å². The molecule has 0 spiro atoms. The number of carbonyl (C=O) groups excluding carboxylic acids is 1. The number of halogens is 1. The quantitative estimate of drug-likeness (QED) is 0.144. The van der Waals surface area contributed by atoms with Gasteiger partial charge in [-0.25, -0.2) is 13.8 Å². The van der Waals surface area contributed by atoms with Gasteiger partial charge < -0.3 is 9.47 Å². The van der Waals surface area contributed by atoms with E-state index >= 15 is 0 Å². The highest BCUT2D eigenvalue weighted by Crippen LogP contribution is 2.37. The fourth-order valence-electron chi connectivity index (χ4n) is 4.21. The minimum Gasteiger partial charge on any atom is -0.493 e. The molecule has 0 aliphatic carbocycles. The molecule has 10 heteroatoms. The lowest BCUT2D eigenvalue weighted by Gasteiger charge is -2.25. The van der Waals surface area contributed by atoms with Gasteiger partial charge in [-0.15, -0.1) is 0 Å². The molecule has 0 heterocycles. The van der Waals surface area contributed by atoms with E-state index in [0.29, 0.717) is 40.3 Å². The number of benzene rings is 4. The highest BCUT2D eigenvalue weighted by molar-refractivity contribution is 9.10. The Labute approximate surface area is 255 Å². The number of hydrogen-bond acceptors (Lipinski definition) is 6. The van der Waals surface area contributed by atoms with Gasteiger partial charge in [-0.2, -0.15) is 5.10 Å². The van der Waals surface area contributed by atoms with E-state index in [4.69, 9.17) is 9.47 Å². The minimum atomic E-state index is -4.02. The molecule has 42 heavy (non-hydrogen) atoms. The molecule has 4 aromatic rings. The highest BCUT2D eigenvalue weighted by Gasteiger charge is 2.28. The van der Waals surface area contributed by atoms with Crippen molar-refractivity contribution in [1.29, 1.82) is 0 Å². The lowest BCUT2D eigenvalue weighted by Crippen LogP contribution is -2.40. The normalized spacial score (nSPS) is 11.3. The van der Waals surface area contributed by atoms with Crippen molar-refractivity contribution >= 4 is 43.8 Å². The molecule has 1 N–H and O–H groups in total. The van der Waals surface area contributed by atoms with Crippen LogP contribution in [-0.4, -0.2) is 34.2 Å². The van der Waals surface area contributed by atoms with E-state index in [1.807, 2.05) is 50.2 Å². The summed E-state index contributed by atoms with van der Waals surface area (Å²) in [6, 6.07) is 26.7. The van der Waals surface area contributed by atoms with Crippen LogP contribution in [0.25, 0.3) is 0 Å². The molecule has 1 amide bonds. The largest absolute Gasteiger partial charge is 0.493 e. The Kier molecular flexibility index (Phi) is 10.4. The maximum absolute atomic E-state index is 13.6. The number of para-hydroxylation sites is 1. The van der Waals surface area contributed by atoms with Crippen molar-refractivity contribution in [3.05, 3.63) is 118 Å². The fraction of sp³-hybridized carbons (Fsp3) is 0.188. The number of aryl methyl sites for hydroxylation is 2. The first-order chi connectivity index (χ1) is 20.2. The number of rotatable bonds is 12. The molecular weight excluding hydrogens is 618 g/mol. The summed E-state index contributed by atoms with van der Waals surface area (Å²) >= 11 is 3.53. The molecule has 0 unspecified atom stereocenters. The average molecular weight is 651 g/mol. The third kappa shape index (κ3) is 7.57. The van der Waals surface area contributed by atoms with Gasteiger partial charge in [0.2, 0.25) is 0 Å². The Morgan fingerprint density at radius 3 is 2.38 bits per heavy atom. The van der Waals surface area contributed by atoms with E-state index in [2.05, 4.69) is 26.5 Å². The van der Waals surface area contributed by atoms with Gasteiger partial charge in [0.15, 0.2) is 11.5 Å². The maximum Gasteiger partial charge on any atom is 0.264 e. The van der Waals surface area contributed by atoms with E-state index in [1.165, 1.54) is 23.9 Å². The van der Waals surface area contributed by atoms with E-state index in [9.17, 15) is 13.2 Å². The van der Waals surface area contributed by atoms with E-state index in [0.717, 1.165) is 15.4 Å². The topological polar surface area (TPSA) is 97.3 Å². The number of hydrazone groups is 1. The summed E-state index contributed by atoms with van der Waals surface area (Å²) in [5.41, 5.74) is 6.52. The molecule has 0 saturated heterocycles. The second-order valence-electron chi connectivity index (χ2n) is 9.41. The van der Waals surface area contributed by atoms with Crippen LogP contribution in [0.1, 0.15) is 29.2 Å². The zero-order chi connectivity index (χ0) is 30.1. The summed E-state index contributed by atoms with van der Waals surface area (Å²) in [7, 11) is -2.48. The predicted molar refractivity (Wildman–Crippen MR) is 169 cm³/mol. The molecular formula is C32H32BrN3O5S. The molecule has 0 fully saturated rings. The molecule has 0 aliphatic rings. The number of methoxy groups -OCH3 is 1. The Bertz CT molecular complexity index is 1660. The summed E-state index contributed by atoms with van der Waals surface area (Å²) in [6.07, 6.45) is 2.04. The van der Waals surface area contributed by atoms with Gasteiger partial charge in [0.25, 0.3) is 15.9 Å². The number of nitrogens with zero attached hydrogens (tertiary/aromatic N) is 2. The lowest BCUT2D eigenvalue weighted by molar-refractivity contribution is -0.119. The number of nitrogens with one attached hydrogen (secondary N) is 1. The lowest BCUT2D eigenvalue weighted by atomic mass is 10.1. The number of sulfonamides is 1. The number of anilines is 1. The van der Waals surface area contributed by atoms with Crippen LogP contribution in [0, 0.1) is 6.92 Å². The van der Waals surface area contributed by atoms with Crippen LogP contribution in [0.3, 0.4) is 0 Å². The smallest absolute Gasteiger partial charge is 0.264 e. The van der Waals surface area contributed by atoms with E-state index < -0.39 is 22.5 Å². The fourth-order valence-corrected chi connectivity index (χ4v) is 6.27. The van der Waals surface area contributed by atoms with Crippen LogP contribution in [0.2, 0.25) is 0 Å². The van der Waals surface area contributed by atoms with Crippen molar-refractivity contribution in [3.8, 4) is 11.5 Å². The summed E-state index contributed by atoms with van der Waals surface area (Å²) in [4.78, 5) is 13.1. The predicted octanol–water partition coefficient (Wildman–Crippen LogP) is 6.25. The molecule has 8 nitrogen and oxygen atoms in total. The molecule has 4 aromatic carbocycles. The third-order valence-electron chi connectivity index (χ3n) is 6.42. The van der Waals surface area contributed by atoms with Crippen molar-refractivity contribution in [2.24, 2.45) is 5.10 Å². The third-order valence-corrected chi connectivity index (χ3v) is 8.78. The minimum absolute atomic E-state index is 0.0915. The number of carbonyl (C=O) groups is 1. The Balaban J connectivity index is 1.50. The van der Waals surface area contributed by atoms with Gasteiger partial charge in [-0.05, 0) is 76.3 Å². The first-order valence-electron chi connectivity index (χ1n) is 13.3. The van der Waals surface area contributed by atoms with Crippen molar-refractivity contribution in [2.45, 2.75) is 31.8 Å². The second-order valence-corrected chi connectivity index (χ2v) is 12.1. The molecule has 0 aromatic heterocycles. The molecule has 0 bridgehead atoms. The monoisotopic (exact) mass is 649 g/mol. The van der Waals surface area contributed by atoms with Gasteiger partial charge in [0.1, 0.15) is 13.2 Å². The Morgan fingerprint density at radius 2 is 1.69 bits per heavy atom. The molecule has 4 rings (SSSR count). The maximum atomic E-state index is 13.6. The number of ether oxygens (including phenoxy) is 2. The summed E-state index contributed by atoms with van der Waals surface area (Å²) in [6.45, 7) is 3.87. The van der Waals surface area contributed by atoms with Crippen LogP contribution in [0.5, 0.6) is 11.5 Å². The molecule has 0 radical (unpaired) electrons. The zero-order valence-corrected chi connectivity index (χ0v) is 26.0. The summed E-state index contributed by atoms with van der Waals surface area (Å²) < 4.78 is 40.5. The zero-order valence-electron chi connectivity index (χ0n) is 23.6. The van der Waals surface area contributed by atoms with Gasteiger partial charge in [0, 0.05) is 0 Å². The SMILES string of the molecule is CCc1ccccc1N(CC(=O)N/N=C\c1cc(Br)c(OCc2ccc(C)cc2)c(OC)c1)S(=O)(=O)c1ccccc1. The van der Waals surface area contributed by atoms with Crippen molar-refractivity contribution in [2.75, 3.05) is 18.0 Å². The average Bonchev–Trinajstić information content (AvgIpc) is 3.00. The second kappa shape index (κ2) is 14.2. The number of amides is 1. The Hall–Kier alpha value is -4.15. The van der Waals surface area contributed by atoms with Crippen LogP contribution in [0.4, 0.5) is 5.69 Å². The standard InChI is InChI=1S/C32H32BrN3O5S/c1-4-26-10-8-9-13-29(26)36(42(38,39)27-11-6-5-7-12-27)21-31(37)35-34-20-25-18-28(33)32(30(19-25)40-3)41-22-24-16-14-23(2)15-17-24/h5-20H,4,21-22H2,1-3H3,(H,35,37)/b34-20-. The van der Waals surface area contributed by atoms with E-state index in [1.54, 1.807) is 49.6 Å². The van der Waals surface area contributed by atoms with Crippen LogP contribution >= 0.6 is 15.9 Å². The molecule has 0 atom stereocenters. The van der Waals surface area contributed by atoms with Gasteiger partial charge >= 0.3 is 0 Å². The molecule has 0 saturated carbocycles. The number of hydrogen-bond donors (Lipinski definition) is 1.